The number of rotatable bonds is 3. The molecular weight excluding hydrogens is 374 g/mol. The van der Waals surface area contributed by atoms with Crippen molar-refractivity contribution in [2.45, 2.75) is 31.7 Å². The van der Waals surface area contributed by atoms with E-state index in [0.29, 0.717) is 10.4 Å². The van der Waals surface area contributed by atoms with Crippen molar-refractivity contribution in [3.05, 3.63) is 33.8 Å². The van der Waals surface area contributed by atoms with E-state index < -0.39 is 11.6 Å². The van der Waals surface area contributed by atoms with Crippen molar-refractivity contribution in [2.75, 3.05) is 26.2 Å². The molecule has 0 amide bonds. The van der Waals surface area contributed by atoms with Crippen molar-refractivity contribution in [3.63, 3.8) is 0 Å². The van der Waals surface area contributed by atoms with Gasteiger partial charge in [-0.05, 0) is 30.9 Å². The molecule has 1 aliphatic heterocycles. The van der Waals surface area contributed by atoms with E-state index in [2.05, 4.69) is 26.1 Å². The van der Waals surface area contributed by atoms with Crippen molar-refractivity contribution >= 4 is 28.3 Å². The molecule has 1 saturated heterocycles. The van der Waals surface area contributed by atoms with Gasteiger partial charge in [0.2, 0.25) is 0 Å². The Morgan fingerprint density at radius 2 is 1.64 bits per heavy atom. The summed E-state index contributed by atoms with van der Waals surface area (Å²) in [5.74, 6) is -0.470. The number of nitrogens with one attached hydrogen (secondary N) is 1. The van der Waals surface area contributed by atoms with Crippen LogP contribution in [0, 0.1) is 17.6 Å². The lowest BCUT2D eigenvalue weighted by atomic mass is 9.89. The molecule has 6 heteroatoms. The fourth-order valence-corrected chi connectivity index (χ4v) is 4.19. The van der Waals surface area contributed by atoms with Crippen LogP contribution in [0.15, 0.2) is 16.6 Å². The Morgan fingerprint density at radius 3 is 2.18 bits per heavy atom. The van der Waals surface area contributed by atoms with E-state index in [-0.39, 0.29) is 24.0 Å². The van der Waals surface area contributed by atoms with Crippen LogP contribution in [-0.4, -0.2) is 31.1 Å². The van der Waals surface area contributed by atoms with Crippen LogP contribution < -0.4 is 5.32 Å². The van der Waals surface area contributed by atoms with Crippen LogP contribution in [-0.2, 0) is 0 Å². The van der Waals surface area contributed by atoms with E-state index in [1.165, 1.54) is 25.0 Å². The number of hydrogen-bond donors (Lipinski definition) is 1. The molecule has 0 aromatic heterocycles. The highest BCUT2D eigenvalue weighted by molar-refractivity contribution is 9.10. The molecule has 1 N–H and O–H groups in total. The summed E-state index contributed by atoms with van der Waals surface area (Å²) in [5.41, 5.74) is 0.270. The zero-order valence-electron chi connectivity index (χ0n) is 12.5. The van der Waals surface area contributed by atoms with Gasteiger partial charge in [-0.25, -0.2) is 8.78 Å². The summed E-state index contributed by atoms with van der Waals surface area (Å²) in [4.78, 5) is 2.27. The normalized spacial score (nSPS) is 21.6. The molecule has 2 aliphatic rings. The average molecular weight is 396 g/mol. The Kier molecular flexibility index (Phi) is 6.62. The van der Waals surface area contributed by atoms with Gasteiger partial charge >= 0.3 is 0 Å². The number of piperazine rings is 1. The van der Waals surface area contributed by atoms with Gasteiger partial charge in [-0.3, -0.25) is 4.90 Å². The van der Waals surface area contributed by atoms with Crippen molar-refractivity contribution in [1.29, 1.82) is 0 Å². The lowest BCUT2D eigenvalue weighted by Crippen LogP contribution is -2.47. The number of nitrogens with zero attached hydrogens (tertiary/aromatic N) is 1. The van der Waals surface area contributed by atoms with Gasteiger partial charge < -0.3 is 5.32 Å². The summed E-state index contributed by atoms with van der Waals surface area (Å²) < 4.78 is 29.4. The summed E-state index contributed by atoms with van der Waals surface area (Å²) in [6.07, 6.45) is 4.49. The lowest BCUT2D eigenvalue weighted by Gasteiger charge is -2.38. The van der Waals surface area contributed by atoms with E-state index in [0.717, 1.165) is 39.0 Å². The molecule has 0 bridgehead atoms. The van der Waals surface area contributed by atoms with Gasteiger partial charge in [0.15, 0.2) is 0 Å². The average Bonchev–Trinajstić information content (AvgIpc) is 2.97. The van der Waals surface area contributed by atoms with Crippen LogP contribution in [0.3, 0.4) is 0 Å². The molecule has 2 fully saturated rings. The van der Waals surface area contributed by atoms with E-state index in [9.17, 15) is 8.78 Å². The third-order valence-electron chi connectivity index (χ3n) is 4.73. The van der Waals surface area contributed by atoms with Gasteiger partial charge in [0.1, 0.15) is 11.6 Å². The molecule has 0 unspecified atom stereocenters. The molecule has 3 rings (SSSR count). The van der Waals surface area contributed by atoms with E-state index in [1.54, 1.807) is 0 Å². The highest BCUT2D eigenvalue weighted by Gasteiger charge is 2.35. The maximum absolute atomic E-state index is 14.5. The third kappa shape index (κ3) is 3.81. The van der Waals surface area contributed by atoms with Crippen molar-refractivity contribution in [1.82, 2.24) is 10.2 Å². The highest BCUT2D eigenvalue weighted by Crippen LogP contribution is 2.41. The van der Waals surface area contributed by atoms with Crippen LogP contribution in [0.4, 0.5) is 8.78 Å². The summed E-state index contributed by atoms with van der Waals surface area (Å²) in [7, 11) is 0. The number of hydrogen-bond acceptors (Lipinski definition) is 2. The second kappa shape index (κ2) is 8.04. The Morgan fingerprint density at radius 1 is 1.09 bits per heavy atom. The van der Waals surface area contributed by atoms with E-state index in [4.69, 9.17) is 0 Å². The van der Waals surface area contributed by atoms with Gasteiger partial charge in [-0.2, -0.15) is 0 Å². The van der Waals surface area contributed by atoms with Crippen LogP contribution in [0.5, 0.6) is 0 Å². The van der Waals surface area contributed by atoms with Crippen molar-refractivity contribution in [2.24, 2.45) is 5.92 Å². The predicted octanol–water partition coefficient (Wildman–Crippen LogP) is 4.29. The molecule has 1 heterocycles. The zero-order chi connectivity index (χ0) is 14.8. The first-order valence-corrected chi connectivity index (χ1v) is 8.55. The maximum atomic E-state index is 14.5. The fourth-order valence-electron chi connectivity index (χ4n) is 3.79. The molecule has 1 aromatic carbocycles. The monoisotopic (exact) mass is 394 g/mol. The minimum Gasteiger partial charge on any atom is -0.314 e. The Balaban J connectivity index is 0.00000176. The Labute approximate surface area is 145 Å². The zero-order valence-corrected chi connectivity index (χ0v) is 14.9. The van der Waals surface area contributed by atoms with Crippen LogP contribution in [0.25, 0.3) is 0 Å². The minimum atomic E-state index is -0.419. The smallest absolute Gasteiger partial charge is 0.132 e. The third-order valence-corrected chi connectivity index (χ3v) is 5.19. The molecule has 1 atom stereocenters. The topological polar surface area (TPSA) is 15.3 Å². The Bertz CT molecular complexity index is 480. The summed E-state index contributed by atoms with van der Waals surface area (Å²) in [6.45, 7) is 3.50. The van der Waals surface area contributed by atoms with Gasteiger partial charge in [0.25, 0.3) is 0 Å². The highest BCUT2D eigenvalue weighted by atomic mass is 79.9. The molecule has 2 nitrogen and oxygen atoms in total. The first-order valence-electron chi connectivity index (χ1n) is 7.76. The summed E-state index contributed by atoms with van der Waals surface area (Å²) in [5, 5.41) is 3.31. The molecule has 124 valence electrons. The van der Waals surface area contributed by atoms with Crippen molar-refractivity contribution < 1.29 is 8.78 Å². The van der Waals surface area contributed by atoms with Gasteiger partial charge in [0.05, 0.1) is 0 Å². The van der Waals surface area contributed by atoms with E-state index in [1.807, 2.05) is 0 Å². The Hall–Kier alpha value is -0.230. The first kappa shape index (κ1) is 18.1. The van der Waals surface area contributed by atoms with Gasteiger partial charge in [0, 0.05) is 42.3 Å². The quantitative estimate of drug-likeness (QED) is 0.821. The second-order valence-corrected chi connectivity index (χ2v) is 6.97. The van der Waals surface area contributed by atoms with Crippen LogP contribution >= 0.6 is 28.3 Å². The molecule has 0 spiro atoms. The molecule has 1 aromatic rings. The van der Waals surface area contributed by atoms with Crippen LogP contribution in [0.1, 0.15) is 37.3 Å². The van der Waals surface area contributed by atoms with Gasteiger partial charge in [-0.1, -0.05) is 28.8 Å². The fraction of sp³-hybridized carbons (Fsp3) is 0.625. The predicted molar refractivity (Wildman–Crippen MR) is 90.4 cm³/mol. The lowest BCUT2D eigenvalue weighted by molar-refractivity contribution is 0.119. The minimum absolute atomic E-state index is 0. The largest absolute Gasteiger partial charge is 0.314 e. The van der Waals surface area contributed by atoms with Gasteiger partial charge in [-0.15, -0.1) is 12.4 Å². The van der Waals surface area contributed by atoms with E-state index >= 15 is 0 Å². The number of benzene rings is 1. The molecular formula is C16H22BrClF2N2. The van der Waals surface area contributed by atoms with Crippen LogP contribution in [0.2, 0.25) is 0 Å². The molecule has 1 aliphatic carbocycles. The number of halogens is 4. The maximum Gasteiger partial charge on any atom is 0.132 e. The summed E-state index contributed by atoms with van der Waals surface area (Å²) >= 11 is 3.17. The summed E-state index contributed by atoms with van der Waals surface area (Å²) in [6, 6.07) is 2.66. The SMILES string of the molecule is Cl.Fc1cc(Br)cc(F)c1[C@@H](C1CCCC1)N1CCNCC1. The molecule has 22 heavy (non-hydrogen) atoms. The first-order chi connectivity index (χ1) is 10.2. The molecule has 1 saturated carbocycles. The molecule has 0 radical (unpaired) electrons. The standard InChI is InChI=1S/C16H21BrF2N2.ClH/c17-12-9-13(18)15(14(19)10-12)16(11-3-1-2-4-11)21-7-5-20-6-8-21;/h9-11,16,20H,1-8H2;1H/t16-;/m1./s1. The second-order valence-electron chi connectivity index (χ2n) is 6.06. The van der Waals surface area contributed by atoms with Crippen molar-refractivity contribution in [3.8, 4) is 0 Å².